The van der Waals surface area contributed by atoms with Gasteiger partial charge in [-0.3, -0.25) is 0 Å². The van der Waals surface area contributed by atoms with Crippen LogP contribution in [0.15, 0.2) is 96.6 Å². The highest BCUT2D eigenvalue weighted by atomic mass is 14.2. The molecule has 0 fully saturated rings. The summed E-state index contributed by atoms with van der Waals surface area (Å²) in [4.78, 5) is 0. The van der Waals surface area contributed by atoms with Crippen LogP contribution in [0.25, 0.3) is 16.7 Å². The van der Waals surface area contributed by atoms with Gasteiger partial charge in [-0.2, -0.15) is 0 Å². The van der Waals surface area contributed by atoms with E-state index in [1.807, 2.05) is 0 Å². The number of aryl methyl sites for hydroxylation is 1. The lowest BCUT2D eigenvalue weighted by Gasteiger charge is -2.17. The molecule has 26 heavy (non-hydrogen) atoms. The van der Waals surface area contributed by atoms with Crippen molar-refractivity contribution >= 4 is 5.57 Å². The molecule has 0 heteroatoms. The molecule has 3 aromatic rings. The fraction of sp³-hybridized carbons (Fsp3) is 0.154. The third-order valence-electron chi connectivity index (χ3n) is 5.14. The van der Waals surface area contributed by atoms with Gasteiger partial charge in [0.1, 0.15) is 0 Å². The molecular formula is C26H24. The van der Waals surface area contributed by atoms with Crippen molar-refractivity contribution in [3.8, 4) is 11.1 Å². The van der Waals surface area contributed by atoms with E-state index in [1.165, 1.54) is 39.0 Å². The predicted octanol–water partition coefficient (Wildman–Crippen LogP) is 7.01. The number of rotatable bonds is 4. The van der Waals surface area contributed by atoms with Crippen LogP contribution in [0.3, 0.4) is 0 Å². The first-order chi connectivity index (χ1) is 12.8. The van der Waals surface area contributed by atoms with Gasteiger partial charge in [0, 0.05) is 0 Å². The van der Waals surface area contributed by atoms with Gasteiger partial charge in [0.15, 0.2) is 0 Å². The van der Waals surface area contributed by atoms with Crippen LogP contribution >= 0.6 is 0 Å². The molecule has 0 atom stereocenters. The van der Waals surface area contributed by atoms with Crippen molar-refractivity contribution in [3.05, 3.63) is 113 Å². The lowest BCUT2D eigenvalue weighted by Crippen LogP contribution is -1.99. The van der Waals surface area contributed by atoms with E-state index in [0.717, 1.165) is 19.3 Å². The molecule has 0 amide bonds. The number of benzene rings is 3. The second kappa shape index (κ2) is 7.58. The lowest BCUT2D eigenvalue weighted by molar-refractivity contribution is 0.924. The number of allylic oxidation sites excluding steroid dienone is 4. The fourth-order valence-corrected chi connectivity index (χ4v) is 3.73. The monoisotopic (exact) mass is 336 g/mol. The minimum atomic E-state index is 1.03. The van der Waals surface area contributed by atoms with Crippen molar-refractivity contribution in [2.75, 3.05) is 0 Å². The highest BCUT2D eigenvalue weighted by Crippen LogP contribution is 2.31. The maximum Gasteiger partial charge on any atom is -0.00577 e. The molecule has 1 aliphatic rings. The van der Waals surface area contributed by atoms with Gasteiger partial charge in [-0.05, 0) is 54.0 Å². The van der Waals surface area contributed by atoms with E-state index in [-0.39, 0.29) is 0 Å². The van der Waals surface area contributed by atoms with Gasteiger partial charge in [0.25, 0.3) is 0 Å². The fourth-order valence-electron chi connectivity index (χ4n) is 3.73. The molecule has 0 saturated heterocycles. The number of hydrogen-bond acceptors (Lipinski definition) is 0. The highest BCUT2D eigenvalue weighted by molar-refractivity contribution is 5.70. The van der Waals surface area contributed by atoms with E-state index in [0.29, 0.717) is 0 Å². The van der Waals surface area contributed by atoms with E-state index in [9.17, 15) is 0 Å². The molecular weight excluding hydrogens is 312 g/mol. The van der Waals surface area contributed by atoms with Crippen molar-refractivity contribution in [2.45, 2.75) is 26.2 Å². The standard InChI is InChI=1S/C26H24/c1-20-8-7-12-24(18-20)26-13-6-5-11-25(26)19-21-14-16-23(17-15-21)22-9-3-2-4-10-22/h2-14,16,18H,15,17,19H2,1H3. The lowest BCUT2D eigenvalue weighted by atomic mass is 9.88. The van der Waals surface area contributed by atoms with E-state index in [1.54, 1.807) is 0 Å². The second-order valence-corrected chi connectivity index (χ2v) is 7.09. The molecule has 0 spiro atoms. The van der Waals surface area contributed by atoms with Crippen molar-refractivity contribution in [1.29, 1.82) is 0 Å². The molecule has 128 valence electrons. The van der Waals surface area contributed by atoms with E-state index >= 15 is 0 Å². The normalized spacial score (nSPS) is 13.9. The van der Waals surface area contributed by atoms with Gasteiger partial charge in [0.05, 0.1) is 0 Å². The molecule has 0 bridgehead atoms. The van der Waals surface area contributed by atoms with Gasteiger partial charge < -0.3 is 0 Å². The summed E-state index contributed by atoms with van der Waals surface area (Å²) in [6, 6.07) is 28.4. The molecule has 0 saturated carbocycles. The summed E-state index contributed by atoms with van der Waals surface area (Å²) in [6.07, 6.45) is 7.94. The zero-order valence-corrected chi connectivity index (χ0v) is 15.3. The molecule has 0 heterocycles. The van der Waals surface area contributed by atoms with Crippen molar-refractivity contribution in [3.63, 3.8) is 0 Å². The van der Waals surface area contributed by atoms with Crippen LogP contribution < -0.4 is 0 Å². The Morgan fingerprint density at radius 2 is 1.46 bits per heavy atom. The molecule has 0 unspecified atom stereocenters. The van der Waals surface area contributed by atoms with E-state index in [2.05, 4.69) is 97.9 Å². The van der Waals surface area contributed by atoms with E-state index in [4.69, 9.17) is 0 Å². The molecule has 0 aliphatic heterocycles. The molecule has 3 aromatic carbocycles. The Bertz CT molecular complexity index is 958. The van der Waals surface area contributed by atoms with Crippen LogP contribution in [0, 0.1) is 6.92 Å². The molecule has 0 aromatic heterocycles. The van der Waals surface area contributed by atoms with Gasteiger partial charge in [-0.25, -0.2) is 0 Å². The average Bonchev–Trinajstić information content (AvgIpc) is 2.70. The Labute approximate surface area is 156 Å². The Kier molecular flexibility index (Phi) is 4.84. The van der Waals surface area contributed by atoms with Crippen LogP contribution in [0.2, 0.25) is 0 Å². The first-order valence-corrected chi connectivity index (χ1v) is 9.38. The maximum absolute atomic E-state index is 2.33. The molecule has 0 radical (unpaired) electrons. The molecule has 0 N–H and O–H groups in total. The Balaban J connectivity index is 1.59. The van der Waals surface area contributed by atoms with Crippen molar-refractivity contribution in [2.24, 2.45) is 0 Å². The van der Waals surface area contributed by atoms with Gasteiger partial charge in [0.2, 0.25) is 0 Å². The third-order valence-corrected chi connectivity index (χ3v) is 5.14. The Morgan fingerprint density at radius 1 is 0.692 bits per heavy atom. The van der Waals surface area contributed by atoms with Crippen LogP contribution in [-0.2, 0) is 6.42 Å². The van der Waals surface area contributed by atoms with Crippen molar-refractivity contribution < 1.29 is 0 Å². The summed E-state index contributed by atoms with van der Waals surface area (Å²) >= 11 is 0. The summed E-state index contributed by atoms with van der Waals surface area (Å²) in [5.74, 6) is 0. The minimum Gasteiger partial charge on any atom is -0.0655 e. The SMILES string of the molecule is Cc1cccc(-c2ccccc2CC2=CC=C(c3ccccc3)CC2)c1. The summed E-state index contributed by atoms with van der Waals surface area (Å²) in [5, 5.41) is 0. The molecule has 4 rings (SSSR count). The van der Waals surface area contributed by atoms with Gasteiger partial charge in [-0.15, -0.1) is 0 Å². The largest absolute Gasteiger partial charge is 0.0655 e. The predicted molar refractivity (Wildman–Crippen MR) is 112 cm³/mol. The van der Waals surface area contributed by atoms with Crippen LogP contribution in [-0.4, -0.2) is 0 Å². The minimum absolute atomic E-state index is 1.03. The van der Waals surface area contributed by atoms with Crippen LogP contribution in [0.4, 0.5) is 0 Å². The topological polar surface area (TPSA) is 0 Å². The Hall–Kier alpha value is -2.86. The average molecular weight is 336 g/mol. The summed E-state index contributed by atoms with van der Waals surface area (Å²) < 4.78 is 0. The zero-order valence-electron chi connectivity index (χ0n) is 15.3. The van der Waals surface area contributed by atoms with Crippen LogP contribution in [0.5, 0.6) is 0 Å². The summed E-state index contributed by atoms with van der Waals surface area (Å²) in [7, 11) is 0. The van der Waals surface area contributed by atoms with E-state index < -0.39 is 0 Å². The third kappa shape index (κ3) is 3.70. The smallest absolute Gasteiger partial charge is 0.00577 e. The maximum atomic E-state index is 2.33. The van der Waals surface area contributed by atoms with Gasteiger partial charge in [-0.1, -0.05) is 102 Å². The molecule has 0 nitrogen and oxygen atoms in total. The second-order valence-electron chi connectivity index (χ2n) is 7.09. The first kappa shape index (κ1) is 16.6. The van der Waals surface area contributed by atoms with Crippen LogP contribution in [0.1, 0.15) is 29.5 Å². The summed E-state index contributed by atoms with van der Waals surface area (Å²) in [5.41, 5.74) is 9.71. The first-order valence-electron chi connectivity index (χ1n) is 9.38. The number of hydrogen-bond donors (Lipinski definition) is 0. The highest BCUT2D eigenvalue weighted by Gasteiger charge is 2.11. The summed E-state index contributed by atoms with van der Waals surface area (Å²) in [6.45, 7) is 2.16. The quantitative estimate of drug-likeness (QED) is 0.481. The zero-order chi connectivity index (χ0) is 17.8. The molecule has 1 aliphatic carbocycles. The van der Waals surface area contributed by atoms with Gasteiger partial charge >= 0.3 is 0 Å². The van der Waals surface area contributed by atoms with Crippen molar-refractivity contribution in [1.82, 2.24) is 0 Å². The Morgan fingerprint density at radius 3 is 2.23 bits per heavy atom.